The van der Waals surface area contributed by atoms with E-state index in [4.69, 9.17) is 0 Å². The van der Waals surface area contributed by atoms with Gasteiger partial charge < -0.3 is 14.9 Å². The van der Waals surface area contributed by atoms with Gasteiger partial charge in [-0.1, -0.05) is 6.92 Å². The second-order valence-corrected chi connectivity index (χ2v) is 5.19. The average molecular weight is 271 g/mol. The third-order valence-corrected chi connectivity index (χ3v) is 3.89. The molecule has 1 aliphatic heterocycles. The molecule has 1 unspecified atom stereocenters. The first-order valence-corrected chi connectivity index (χ1v) is 6.80. The van der Waals surface area contributed by atoms with Gasteiger partial charge in [-0.2, -0.15) is 0 Å². The van der Waals surface area contributed by atoms with E-state index in [0.29, 0.717) is 18.3 Å². The number of carbonyl (C=O) groups is 1. The molecule has 5 nitrogen and oxygen atoms in total. The van der Waals surface area contributed by atoms with Crippen molar-refractivity contribution >= 4 is 5.91 Å². The zero-order chi connectivity index (χ0) is 14.3. The van der Waals surface area contributed by atoms with Crippen LogP contribution in [0, 0.1) is 6.92 Å². The van der Waals surface area contributed by atoms with Gasteiger partial charge in [-0.25, -0.2) is 0 Å². The number of H-pyrrole nitrogens is 1. The van der Waals surface area contributed by atoms with Crippen molar-refractivity contribution in [3.63, 3.8) is 0 Å². The second kappa shape index (κ2) is 4.67. The lowest BCUT2D eigenvalue weighted by Crippen LogP contribution is -2.38. The normalized spacial score (nSPS) is 17.7. The van der Waals surface area contributed by atoms with Crippen LogP contribution >= 0.6 is 0 Å². The minimum Gasteiger partial charge on any atom is -0.349 e. The van der Waals surface area contributed by atoms with Crippen LogP contribution in [0.4, 0.5) is 0 Å². The molecule has 0 bridgehead atoms. The quantitative estimate of drug-likeness (QED) is 0.875. The van der Waals surface area contributed by atoms with Gasteiger partial charge in [-0.05, 0) is 25.0 Å². The molecule has 1 atom stereocenters. The van der Waals surface area contributed by atoms with Gasteiger partial charge in [-0.3, -0.25) is 9.59 Å². The van der Waals surface area contributed by atoms with Crippen LogP contribution in [0.2, 0.25) is 0 Å². The first-order chi connectivity index (χ1) is 9.60. The molecule has 0 saturated carbocycles. The summed E-state index contributed by atoms with van der Waals surface area (Å²) in [5, 5.41) is 2.91. The summed E-state index contributed by atoms with van der Waals surface area (Å²) in [6.07, 6.45) is 4.67. The highest BCUT2D eigenvalue weighted by Crippen LogP contribution is 2.28. The number of nitrogens with one attached hydrogen (secondary N) is 2. The number of nitrogens with zero attached hydrogens (tertiary/aromatic N) is 1. The largest absolute Gasteiger partial charge is 0.349 e. The molecule has 2 N–H and O–H groups in total. The summed E-state index contributed by atoms with van der Waals surface area (Å²) < 4.78 is 2.04. The van der Waals surface area contributed by atoms with Gasteiger partial charge in [0.2, 0.25) is 5.56 Å². The Morgan fingerprint density at radius 3 is 2.85 bits per heavy atom. The van der Waals surface area contributed by atoms with Crippen LogP contribution in [0.1, 0.15) is 35.4 Å². The van der Waals surface area contributed by atoms with Crippen LogP contribution < -0.4 is 10.9 Å². The predicted molar refractivity (Wildman–Crippen MR) is 76.9 cm³/mol. The van der Waals surface area contributed by atoms with E-state index in [9.17, 15) is 9.59 Å². The Hall–Kier alpha value is -2.30. The van der Waals surface area contributed by atoms with Gasteiger partial charge in [-0.15, -0.1) is 0 Å². The molecule has 20 heavy (non-hydrogen) atoms. The summed E-state index contributed by atoms with van der Waals surface area (Å²) in [5.41, 5.74) is 3.40. The average Bonchev–Trinajstić information content (AvgIpc) is 2.85. The van der Waals surface area contributed by atoms with Crippen LogP contribution in [0.5, 0.6) is 0 Å². The second-order valence-electron chi connectivity index (χ2n) is 5.19. The Labute approximate surface area is 116 Å². The van der Waals surface area contributed by atoms with Crippen molar-refractivity contribution in [1.29, 1.82) is 0 Å². The molecule has 3 rings (SSSR count). The highest BCUT2D eigenvalue weighted by molar-refractivity contribution is 5.95. The summed E-state index contributed by atoms with van der Waals surface area (Å²) in [5.74, 6) is -0.0389. The molecule has 0 aliphatic carbocycles. The predicted octanol–water partition coefficient (Wildman–Crippen LogP) is 1.85. The van der Waals surface area contributed by atoms with Crippen LogP contribution in [-0.2, 0) is 0 Å². The molecule has 0 radical (unpaired) electrons. The van der Waals surface area contributed by atoms with E-state index in [1.807, 2.05) is 23.8 Å². The van der Waals surface area contributed by atoms with Crippen LogP contribution in [0.15, 0.2) is 29.3 Å². The Balaban J connectivity index is 2.13. The Kier molecular flexibility index (Phi) is 2.97. The first kappa shape index (κ1) is 12.7. The van der Waals surface area contributed by atoms with Crippen LogP contribution in [0.25, 0.3) is 11.1 Å². The summed E-state index contributed by atoms with van der Waals surface area (Å²) in [4.78, 5) is 25.9. The van der Waals surface area contributed by atoms with Gasteiger partial charge in [0, 0.05) is 36.1 Å². The maximum atomic E-state index is 11.9. The maximum absolute atomic E-state index is 11.9. The van der Waals surface area contributed by atoms with Crippen LogP contribution in [-0.4, -0.2) is 22.0 Å². The van der Waals surface area contributed by atoms with Crippen molar-refractivity contribution < 1.29 is 4.79 Å². The molecule has 3 heterocycles. The molecule has 104 valence electrons. The monoisotopic (exact) mass is 271 g/mol. The van der Waals surface area contributed by atoms with Crippen molar-refractivity contribution in [3.8, 4) is 11.1 Å². The molecule has 5 heteroatoms. The molecule has 0 spiro atoms. The molecular formula is C15H17N3O2. The fourth-order valence-corrected chi connectivity index (χ4v) is 2.74. The lowest BCUT2D eigenvalue weighted by Gasteiger charge is -2.25. The van der Waals surface area contributed by atoms with E-state index in [1.165, 1.54) is 0 Å². The van der Waals surface area contributed by atoms with Crippen molar-refractivity contribution in [2.75, 3.05) is 6.54 Å². The molecule has 2 aromatic rings. The number of aryl methyl sites for hydroxylation is 1. The molecule has 1 amide bonds. The zero-order valence-electron chi connectivity index (χ0n) is 11.6. The number of carbonyl (C=O) groups excluding carboxylic acids is 1. The van der Waals surface area contributed by atoms with E-state index in [0.717, 1.165) is 23.1 Å². The van der Waals surface area contributed by atoms with Gasteiger partial charge in [0.25, 0.3) is 5.91 Å². The fraction of sp³-hybridized carbons (Fsp3) is 0.333. The number of fused-ring (bicyclic) bond motifs is 1. The molecular weight excluding hydrogens is 254 g/mol. The third-order valence-electron chi connectivity index (χ3n) is 3.89. The molecule has 1 aliphatic rings. The van der Waals surface area contributed by atoms with Gasteiger partial charge in [0.05, 0.1) is 6.04 Å². The van der Waals surface area contributed by atoms with Gasteiger partial charge in [0.1, 0.15) is 5.69 Å². The maximum Gasteiger partial charge on any atom is 0.268 e. The number of amides is 1. The highest BCUT2D eigenvalue weighted by Gasteiger charge is 2.24. The summed E-state index contributed by atoms with van der Waals surface area (Å²) >= 11 is 0. The lowest BCUT2D eigenvalue weighted by molar-refractivity contribution is 0.0914. The number of aromatic nitrogens is 2. The molecule has 2 aromatic heterocycles. The van der Waals surface area contributed by atoms with E-state index in [-0.39, 0.29) is 11.5 Å². The van der Waals surface area contributed by atoms with Gasteiger partial charge in [0.15, 0.2) is 0 Å². The van der Waals surface area contributed by atoms with Crippen LogP contribution in [0.3, 0.4) is 0 Å². The van der Waals surface area contributed by atoms with E-state index >= 15 is 0 Å². The van der Waals surface area contributed by atoms with E-state index in [1.54, 1.807) is 12.3 Å². The number of pyridine rings is 1. The van der Waals surface area contributed by atoms with Crippen molar-refractivity contribution in [1.82, 2.24) is 14.9 Å². The van der Waals surface area contributed by atoms with Crippen molar-refractivity contribution in [3.05, 3.63) is 46.1 Å². The summed E-state index contributed by atoms with van der Waals surface area (Å²) in [7, 11) is 0. The standard InChI is InChI=1S/C15H17N3O2/c1-3-11-6-17-15(20)13-5-10(8-18(11)13)12-7-16-14(19)4-9(12)2/h4-5,7-8,11H,3,6H2,1-2H3,(H,16,19)(H,17,20). The smallest absolute Gasteiger partial charge is 0.268 e. The zero-order valence-corrected chi connectivity index (χ0v) is 11.6. The number of hydrogen-bond acceptors (Lipinski definition) is 2. The Morgan fingerprint density at radius 2 is 2.15 bits per heavy atom. The minimum atomic E-state index is -0.112. The minimum absolute atomic E-state index is 0.0389. The topological polar surface area (TPSA) is 66.9 Å². The van der Waals surface area contributed by atoms with Crippen molar-refractivity contribution in [2.24, 2.45) is 0 Å². The fourth-order valence-electron chi connectivity index (χ4n) is 2.74. The third kappa shape index (κ3) is 1.95. The molecule has 0 saturated heterocycles. The van der Waals surface area contributed by atoms with E-state index in [2.05, 4.69) is 17.2 Å². The SMILES string of the molecule is CCC1CNC(=O)c2cc(-c3c[nH]c(=O)cc3C)cn21. The Morgan fingerprint density at radius 1 is 1.35 bits per heavy atom. The summed E-state index contributed by atoms with van der Waals surface area (Å²) in [6.45, 7) is 4.68. The lowest BCUT2D eigenvalue weighted by atomic mass is 10.1. The molecule has 0 fully saturated rings. The summed E-state index contributed by atoms with van der Waals surface area (Å²) in [6, 6.07) is 3.75. The van der Waals surface area contributed by atoms with Crippen molar-refractivity contribution in [2.45, 2.75) is 26.3 Å². The molecule has 0 aromatic carbocycles. The van der Waals surface area contributed by atoms with Gasteiger partial charge >= 0.3 is 0 Å². The highest BCUT2D eigenvalue weighted by atomic mass is 16.2. The Bertz CT molecular complexity index is 727. The first-order valence-electron chi connectivity index (χ1n) is 6.80. The number of hydrogen-bond donors (Lipinski definition) is 2. The number of rotatable bonds is 2. The van der Waals surface area contributed by atoms with E-state index < -0.39 is 0 Å². The number of aromatic amines is 1.